The molecule has 0 aromatic heterocycles. The normalized spacial score (nSPS) is 40.3. The molecule has 0 aromatic carbocycles. The average molecular weight is 180 g/mol. The second-order valence-corrected chi connectivity index (χ2v) is 4.35. The van der Waals surface area contributed by atoms with Crippen LogP contribution < -0.4 is 5.32 Å². The number of hydrogen-bond donors (Lipinski definition) is 1. The van der Waals surface area contributed by atoms with Crippen molar-refractivity contribution >= 4 is 0 Å². The molecule has 13 heavy (non-hydrogen) atoms. The van der Waals surface area contributed by atoms with Gasteiger partial charge in [-0.3, -0.25) is 4.90 Å². The largest absolute Gasteiger partial charge is 0.316 e. The lowest BCUT2D eigenvalue weighted by Gasteiger charge is -2.22. The number of nitrogens with zero attached hydrogens (tertiary/aromatic N) is 1. The van der Waals surface area contributed by atoms with Gasteiger partial charge in [0.1, 0.15) is 0 Å². The van der Waals surface area contributed by atoms with Crippen LogP contribution in [-0.4, -0.2) is 37.1 Å². The van der Waals surface area contributed by atoms with Crippen LogP contribution in [0.5, 0.6) is 0 Å². The van der Waals surface area contributed by atoms with E-state index < -0.39 is 0 Å². The summed E-state index contributed by atoms with van der Waals surface area (Å²) in [4.78, 5) is 2.61. The van der Waals surface area contributed by atoms with Gasteiger partial charge in [-0.1, -0.05) is 12.2 Å². The predicted octanol–water partition coefficient (Wildman–Crippen LogP) is 1.10. The first-order valence-electron chi connectivity index (χ1n) is 5.39. The van der Waals surface area contributed by atoms with Crippen LogP contribution >= 0.6 is 0 Å². The standard InChI is InChI=1S/C11H20N2/c1-3-4-5-13-8-10-6-12-7-11(10)9(13)2/h3-4,9-12H,5-8H2,1-2H3. The zero-order chi connectivity index (χ0) is 9.26. The Hall–Kier alpha value is -0.340. The number of nitrogens with one attached hydrogen (secondary N) is 1. The highest BCUT2D eigenvalue weighted by atomic mass is 15.2. The van der Waals surface area contributed by atoms with Crippen LogP contribution in [0.2, 0.25) is 0 Å². The Morgan fingerprint density at radius 2 is 2.31 bits per heavy atom. The van der Waals surface area contributed by atoms with Crippen LogP contribution in [-0.2, 0) is 0 Å². The number of hydrogen-bond acceptors (Lipinski definition) is 2. The molecule has 0 aromatic rings. The van der Waals surface area contributed by atoms with E-state index in [1.807, 2.05) is 0 Å². The molecule has 3 atom stereocenters. The Labute approximate surface area is 81.0 Å². The van der Waals surface area contributed by atoms with Gasteiger partial charge in [0.25, 0.3) is 0 Å². The third-order valence-electron chi connectivity index (χ3n) is 3.63. The fraction of sp³-hybridized carbons (Fsp3) is 0.818. The highest BCUT2D eigenvalue weighted by Gasteiger charge is 2.40. The van der Waals surface area contributed by atoms with E-state index in [0.29, 0.717) is 0 Å². The minimum absolute atomic E-state index is 0.774. The molecule has 0 radical (unpaired) electrons. The van der Waals surface area contributed by atoms with E-state index in [1.54, 1.807) is 0 Å². The summed E-state index contributed by atoms with van der Waals surface area (Å²) in [6.07, 6.45) is 4.42. The van der Waals surface area contributed by atoms with E-state index in [4.69, 9.17) is 0 Å². The van der Waals surface area contributed by atoms with Crippen LogP contribution in [0.4, 0.5) is 0 Å². The van der Waals surface area contributed by atoms with E-state index in [2.05, 4.69) is 36.2 Å². The van der Waals surface area contributed by atoms with Crippen LogP contribution in [0.15, 0.2) is 12.2 Å². The molecule has 0 aliphatic carbocycles. The molecule has 2 heterocycles. The second-order valence-electron chi connectivity index (χ2n) is 4.35. The van der Waals surface area contributed by atoms with Gasteiger partial charge in [0.15, 0.2) is 0 Å². The Bertz CT molecular complexity index is 200. The molecule has 3 unspecified atom stereocenters. The lowest BCUT2D eigenvalue weighted by atomic mass is 9.95. The number of rotatable bonds is 2. The van der Waals surface area contributed by atoms with Gasteiger partial charge in [-0.05, 0) is 38.8 Å². The van der Waals surface area contributed by atoms with Gasteiger partial charge < -0.3 is 5.32 Å². The highest BCUT2D eigenvalue weighted by Crippen LogP contribution is 2.31. The molecule has 2 saturated heterocycles. The maximum atomic E-state index is 3.49. The first-order valence-corrected chi connectivity index (χ1v) is 5.39. The van der Waals surface area contributed by atoms with E-state index in [1.165, 1.54) is 19.6 Å². The van der Waals surface area contributed by atoms with Gasteiger partial charge in [-0.2, -0.15) is 0 Å². The maximum absolute atomic E-state index is 3.49. The monoisotopic (exact) mass is 180 g/mol. The van der Waals surface area contributed by atoms with Crippen molar-refractivity contribution in [2.75, 3.05) is 26.2 Å². The third-order valence-corrected chi connectivity index (χ3v) is 3.63. The number of allylic oxidation sites excluding steroid dienone is 1. The van der Waals surface area contributed by atoms with E-state index in [9.17, 15) is 0 Å². The molecule has 1 N–H and O–H groups in total. The summed E-state index contributed by atoms with van der Waals surface area (Å²) >= 11 is 0. The summed E-state index contributed by atoms with van der Waals surface area (Å²) < 4.78 is 0. The molecule has 2 heteroatoms. The minimum Gasteiger partial charge on any atom is -0.316 e. The molecule has 74 valence electrons. The lowest BCUT2D eigenvalue weighted by Crippen LogP contribution is -2.33. The maximum Gasteiger partial charge on any atom is 0.0166 e. The van der Waals surface area contributed by atoms with Crippen molar-refractivity contribution in [3.8, 4) is 0 Å². The molecule has 0 amide bonds. The van der Waals surface area contributed by atoms with Gasteiger partial charge in [0.2, 0.25) is 0 Å². The molecule has 0 spiro atoms. The van der Waals surface area contributed by atoms with Crippen molar-refractivity contribution in [2.24, 2.45) is 11.8 Å². The van der Waals surface area contributed by atoms with Gasteiger partial charge in [0.05, 0.1) is 0 Å². The Morgan fingerprint density at radius 3 is 3.00 bits per heavy atom. The Balaban J connectivity index is 1.94. The zero-order valence-corrected chi connectivity index (χ0v) is 8.66. The Kier molecular flexibility index (Phi) is 2.70. The van der Waals surface area contributed by atoms with Crippen LogP contribution in [0.1, 0.15) is 13.8 Å². The zero-order valence-electron chi connectivity index (χ0n) is 8.66. The summed E-state index contributed by atoms with van der Waals surface area (Å²) in [5, 5.41) is 3.49. The van der Waals surface area contributed by atoms with E-state index in [-0.39, 0.29) is 0 Å². The Morgan fingerprint density at radius 1 is 1.46 bits per heavy atom. The van der Waals surface area contributed by atoms with Crippen molar-refractivity contribution in [3.63, 3.8) is 0 Å². The second kappa shape index (κ2) is 3.81. The summed E-state index contributed by atoms with van der Waals surface area (Å²) in [5.41, 5.74) is 0. The van der Waals surface area contributed by atoms with Crippen molar-refractivity contribution in [2.45, 2.75) is 19.9 Å². The summed E-state index contributed by atoms with van der Waals surface area (Å²) in [7, 11) is 0. The van der Waals surface area contributed by atoms with Crippen molar-refractivity contribution in [1.29, 1.82) is 0 Å². The van der Waals surface area contributed by atoms with Crippen LogP contribution in [0, 0.1) is 11.8 Å². The first-order chi connectivity index (χ1) is 6.33. The fourth-order valence-electron chi connectivity index (χ4n) is 2.74. The fourth-order valence-corrected chi connectivity index (χ4v) is 2.74. The topological polar surface area (TPSA) is 15.3 Å². The predicted molar refractivity (Wildman–Crippen MR) is 55.7 cm³/mol. The molecular formula is C11H20N2. The lowest BCUT2D eigenvalue weighted by molar-refractivity contribution is 0.264. The van der Waals surface area contributed by atoms with Crippen molar-refractivity contribution in [1.82, 2.24) is 10.2 Å². The van der Waals surface area contributed by atoms with Crippen molar-refractivity contribution in [3.05, 3.63) is 12.2 Å². The van der Waals surface area contributed by atoms with Crippen LogP contribution in [0.25, 0.3) is 0 Å². The third kappa shape index (κ3) is 1.65. The quantitative estimate of drug-likeness (QED) is 0.640. The first kappa shape index (κ1) is 9.22. The molecule has 0 bridgehead atoms. The minimum atomic E-state index is 0.774. The molecule has 2 aliphatic heterocycles. The smallest absolute Gasteiger partial charge is 0.0166 e. The van der Waals surface area contributed by atoms with Gasteiger partial charge >= 0.3 is 0 Å². The summed E-state index contributed by atoms with van der Waals surface area (Å²) in [6, 6.07) is 0.774. The highest BCUT2D eigenvalue weighted by molar-refractivity contribution is 4.98. The molecular weight excluding hydrogens is 160 g/mol. The van der Waals surface area contributed by atoms with Gasteiger partial charge in [-0.25, -0.2) is 0 Å². The summed E-state index contributed by atoms with van der Waals surface area (Å²) in [5.74, 6) is 1.82. The average Bonchev–Trinajstić information content (AvgIpc) is 2.67. The number of likely N-dealkylation sites (tertiary alicyclic amines) is 1. The van der Waals surface area contributed by atoms with Gasteiger partial charge in [0, 0.05) is 19.1 Å². The van der Waals surface area contributed by atoms with E-state index in [0.717, 1.165) is 24.4 Å². The van der Waals surface area contributed by atoms with Gasteiger partial charge in [-0.15, -0.1) is 0 Å². The molecule has 2 aliphatic rings. The van der Waals surface area contributed by atoms with Crippen LogP contribution in [0.3, 0.4) is 0 Å². The molecule has 0 saturated carbocycles. The number of fused-ring (bicyclic) bond motifs is 1. The molecule has 2 rings (SSSR count). The van der Waals surface area contributed by atoms with E-state index >= 15 is 0 Å². The molecule has 2 fully saturated rings. The summed E-state index contributed by atoms with van der Waals surface area (Å²) in [6.45, 7) is 9.39. The SMILES string of the molecule is CC=CCN1CC2CNCC2C1C. The molecule has 2 nitrogen and oxygen atoms in total. The van der Waals surface area contributed by atoms with Crippen molar-refractivity contribution < 1.29 is 0 Å².